The van der Waals surface area contributed by atoms with E-state index in [1.807, 2.05) is 24.3 Å². The van der Waals surface area contributed by atoms with Crippen LogP contribution in [0.15, 0.2) is 72.8 Å². The van der Waals surface area contributed by atoms with Gasteiger partial charge in [-0.2, -0.15) is 0 Å². The van der Waals surface area contributed by atoms with E-state index in [0.717, 1.165) is 65.9 Å². The molecule has 56 heavy (non-hydrogen) atoms. The first-order valence-electron chi connectivity index (χ1n) is 21.8. The minimum Gasteiger partial charge on any atom is -0.481 e. The molecular formula is C48H70N2O6. The molecule has 4 rings (SSSR count). The summed E-state index contributed by atoms with van der Waals surface area (Å²) in [6.07, 6.45) is 18.3. The standard InChI is InChI=1S/C48H70N2O6/c1-3-5-7-9-11-16-31-50(32-17-12-10-8-6-4-2)36-44-34-45(41-25-23-38(37-51)24-26-41)56-48(55-44)42-29-27-40(28-30-42)43-20-18-19-39(33-43)35-49-46(52)21-14-13-15-22-47(53)54/h18-20,23-30,33,44-45,48,51H,3-17,21-22,31-32,34-37H2,1-2H3,(H,49,52)(H,53,54)/t44-,45+,48+/m1/s1. The highest BCUT2D eigenvalue weighted by Gasteiger charge is 2.33. The summed E-state index contributed by atoms with van der Waals surface area (Å²) < 4.78 is 13.5. The summed E-state index contributed by atoms with van der Waals surface area (Å²) in [4.78, 5) is 25.8. The van der Waals surface area contributed by atoms with Gasteiger partial charge < -0.3 is 29.9 Å². The van der Waals surface area contributed by atoms with Crippen molar-refractivity contribution >= 4 is 11.9 Å². The molecule has 1 heterocycles. The van der Waals surface area contributed by atoms with Crippen LogP contribution in [-0.2, 0) is 32.2 Å². The summed E-state index contributed by atoms with van der Waals surface area (Å²) in [7, 11) is 0. The SMILES string of the molecule is CCCCCCCCN(CCCCCCCC)C[C@H]1C[C@@H](c2ccc(CO)cc2)O[C@@H](c2ccc(-c3cccc(CNC(=O)CCCCCC(=O)O)c3)cc2)O1. The topological polar surface area (TPSA) is 108 Å². The van der Waals surface area contributed by atoms with Crippen LogP contribution in [0.1, 0.15) is 164 Å². The molecule has 0 aromatic heterocycles. The van der Waals surface area contributed by atoms with Crippen molar-refractivity contribution in [2.45, 2.75) is 161 Å². The Morgan fingerprint density at radius 3 is 1.93 bits per heavy atom. The van der Waals surface area contributed by atoms with Crippen LogP contribution in [-0.4, -0.2) is 52.7 Å². The Labute approximate surface area is 337 Å². The highest BCUT2D eigenvalue weighted by molar-refractivity contribution is 5.76. The summed E-state index contributed by atoms with van der Waals surface area (Å²) in [6, 6.07) is 24.8. The van der Waals surface area contributed by atoms with Crippen LogP contribution in [0.25, 0.3) is 11.1 Å². The quantitative estimate of drug-likeness (QED) is 0.0631. The molecule has 3 atom stereocenters. The molecule has 0 spiro atoms. The van der Waals surface area contributed by atoms with Gasteiger partial charge in [-0.25, -0.2) is 0 Å². The number of carbonyl (C=O) groups is 2. The number of amides is 1. The molecule has 1 amide bonds. The average Bonchev–Trinajstić information content (AvgIpc) is 3.22. The van der Waals surface area contributed by atoms with Crippen molar-refractivity contribution in [3.05, 3.63) is 95.1 Å². The van der Waals surface area contributed by atoms with Gasteiger partial charge >= 0.3 is 5.97 Å². The van der Waals surface area contributed by atoms with Crippen LogP contribution in [0.4, 0.5) is 0 Å². The number of benzene rings is 3. The van der Waals surface area contributed by atoms with Crippen molar-refractivity contribution in [3.63, 3.8) is 0 Å². The van der Waals surface area contributed by atoms with Crippen LogP contribution in [0.5, 0.6) is 0 Å². The normalized spacial score (nSPS) is 17.0. The number of nitrogens with zero attached hydrogens (tertiary/aromatic N) is 1. The van der Waals surface area contributed by atoms with E-state index in [2.05, 4.69) is 72.6 Å². The number of aliphatic hydroxyl groups excluding tert-OH is 1. The number of hydrogen-bond donors (Lipinski definition) is 3. The molecular weight excluding hydrogens is 701 g/mol. The molecule has 0 saturated carbocycles. The van der Waals surface area contributed by atoms with Gasteiger partial charge in [-0.15, -0.1) is 0 Å². The molecule has 0 aliphatic carbocycles. The average molecular weight is 771 g/mol. The van der Waals surface area contributed by atoms with Gasteiger partial charge in [0.15, 0.2) is 6.29 Å². The number of rotatable bonds is 28. The third-order valence-corrected chi connectivity index (χ3v) is 11.0. The smallest absolute Gasteiger partial charge is 0.303 e. The number of nitrogens with one attached hydrogen (secondary N) is 1. The minimum atomic E-state index is -0.793. The molecule has 1 fully saturated rings. The largest absolute Gasteiger partial charge is 0.481 e. The molecule has 308 valence electrons. The second-order valence-electron chi connectivity index (χ2n) is 15.7. The fourth-order valence-electron chi connectivity index (χ4n) is 7.57. The lowest BCUT2D eigenvalue weighted by Crippen LogP contribution is -2.40. The van der Waals surface area contributed by atoms with Crippen LogP contribution in [0, 0.1) is 0 Å². The van der Waals surface area contributed by atoms with Gasteiger partial charge in [0, 0.05) is 37.9 Å². The first-order valence-corrected chi connectivity index (χ1v) is 21.8. The Kier molecular flexibility index (Phi) is 21.3. The maximum absolute atomic E-state index is 12.4. The zero-order chi connectivity index (χ0) is 39.8. The Hall–Kier alpha value is -3.56. The van der Waals surface area contributed by atoms with Gasteiger partial charge in [0.2, 0.25) is 5.91 Å². The maximum atomic E-state index is 12.4. The molecule has 3 aromatic rings. The molecule has 3 aromatic carbocycles. The number of aliphatic hydroxyl groups is 1. The van der Waals surface area contributed by atoms with Gasteiger partial charge in [0.05, 0.1) is 18.8 Å². The summed E-state index contributed by atoms with van der Waals surface area (Å²) >= 11 is 0. The third-order valence-electron chi connectivity index (χ3n) is 11.0. The van der Waals surface area contributed by atoms with E-state index in [4.69, 9.17) is 14.6 Å². The molecule has 1 saturated heterocycles. The van der Waals surface area contributed by atoms with Crippen molar-refractivity contribution in [1.82, 2.24) is 10.2 Å². The van der Waals surface area contributed by atoms with E-state index < -0.39 is 12.3 Å². The molecule has 8 nitrogen and oxygen atoms in total. The summed E-state index contributed by atoms with van der Waals surface area (Å²) in [5.74, 6) is -0.810. The first-order chi connectivity index (χ1) is 27.4. The zero-order valence-electron chi connectivity index (χ0n) is 34.4. The predicted octanol–water partition coefficient (Wildman–Crippen LogP) is 11.1. The monoisotopic (exact) mass is 771 g/mol. The Balaban J connectivity index is 1.41. The van der Waals surface area contributed by atoms with Crippen LogP contribution in [0.2, 0.25) is 0 Å². The van der Waals surface area contributed by atoms with Gasteiger partial charge in [-0.1, -0.05) is 151 Å². The zero-order valence-corrected chi connectivity index (χ0v) is 34.4. The van der Waals surface area contributed by atoms with E-state index in [1.165, 1.54) is 77.0 Å². The fourth-order valence-corrected chi connectivity index (χ4v) is 7.57. The lowest BCUT2D eigenvalue weighted by molar-refractivity contribution is -0.253. The van der Waals surface area contributed by atoms with Crippen LogP contribution < -0.4 is 5.32 Å². The number of aliphatic carboxylic acids is 1. The Morgan fingerprint density at radius 2 is 1.29 bits per heavy atom. The lowest BCUT2D eigenvalue weighted by atomic mass is 9.98. The minimum absolute atomic E-state index is 0.0172. The molecule has 8 heteroatoms. The second-order valence-corrected chi connectivity index (χ2v) is 15.7. The molecule has 1 aliphatic heterocycles. The number of hydrogen-bond acceptors (Lipinski definition) is 6. The Bertz CT molecular complexity index is 1510. The number of carbonyl (C=O) groups excluding carboxylic acids is 1. The Morgan fingerprint density at radius 1 is 0.679 bits per heavy atom. The van der Waals surface area contributed by atoms with Crippen LogP contribution in [0.3, 0.4) is 0 Å². The summed E-state index contributed by atoms with van der Waals surface area (Å²) in [5.41, 5.74) is 6.16. The predicted molar refractivity (Wildman–Crippen MR) is 226 cm³/mol. The molecule has 0 bridgehead atoms. The maximum Gasteiger partial charge on any atom is 0.303 e. The van der Waals surface area contributed by atoms with Crippen molar-refractivity contribution in [3.8, 4) is 11.1 Å². The molecule has 0 unspecified atom stereocenters. The molecule has 3 N–H and O–H groups in total. The number of carboxylic acids is 1. The van der Waals surface area contributed by atoms with Gasteiger partial charge in [-0.05, 0) is 72.7 Å². The fraction of sp³-hybridized carbons (Fsp3) is 0.583. The number of unbranched alkanes of at least 4 members (excludes halogenated alkanes) is 12. The van der Waals surface area contributed by atoms with Crippen molar-refractivity contribution < 1.29 is 29.3 Å². The van der Waals surface area contributed by atoms with Gasteiger partial charge in [0.25, 0.3) is 0 Å². The highest BCUT2D eigenvalue weighted by atomic mass is 16.7. The molecule has 0 radical (unpaired) electrons. The van der Waals surface area contributed by atoms with Crippen molar-refractivity contribution in [2.75, 3.05) is 19.6 Å². The van der Waals surface area contributed by atoms with E-state index in [0.29, 0.717) is 25.8 Å². The number of carboxylic acid groups (broad SMARTS) is 1. The van der Waals surface area contributed by atoms with E-state index in [9.17, 15) is 14.7 Å². The van der Waals surface area contributed by atoms with E-state index in [1.54, 1.807) is 0 Å². The van der Waals surface area contributed by atoms with Crippen molar-refractivity contribution in [2.24, 2.45) is 0 Å². The first kappa shape index (κ1) is 45.1. The lowest BCUT2D eigenvalue weighted by Gasteiger charge is -2.38. The van der Waals surface area contributed by atoms with Gasteiger partial charge in [0.1, 0.15) is 0 Å². The van der Waals surface area contributed by atoms with E-state index >= 15 is 0 Å². The number of ether oxygens (including phenoxy) is 2. The van der Waals surface area contributed by atoms with Crippen molar-refractivity contribution in [1.29, 1.82) is 0 Å². The van der Waals surface area contributed by atoms with Crippen LogP contribution >= 0.6 is 0 Å². The highest BCUT2D eigenvalue weighted by Crippen LogP contribution is 2.39. The summed E-state index contributed by atoms with van der Waals surface area (Å²) in [6.45, 7) is 8.12. The molecule has 1 aliphatic rings. The summed E-state index contributed by atoms with van der Waals surface area (Å²) in [5, 5.41) is 21.5. The van der Waals surface area contributed by atoms with E-state index in [-0.39, 0.29) is 31.1 Å². The second kappa shape index (κ2) is 26.4. The van der Waals surface area contributed by atoms with Gasteiger partial charge in [-0.3, -0.25) is 9.59 Å². The third kappa shape index (κ3) is 16.9.